The van der Waals surface area contributed by atoms with Gasteiger partial charge in [0.05, 0.1) is 16.9 Å². The van der Waals surface area contributed by atoms with Crippen LogP contribution in [0.1, 0.15) is 50.4 Å². The van der Waals surface area contributed by atoms with Crippen molar-refractivity contribution in [1.82, 2.24) is 40.3 Å². The van der Waals surface area contributed by atoms with Crippen LogP contribution in [0.3, 0.4) is 0 Å². The number of hydrogen-bond acceptors (Lipinski definition) is 7. The van der Waals surface area contributed by atoms with Crippen molar-refractivity contribution in [2.45, 2.75) is 32.7 Å². The minimum Gasteiger partial charge on any atom is -0.352 e. The highest BCUT2D eigenvalue weighted by atomic mass is 35.5. The van der Waals surface area contributed by atoms with Crippen LogP contribution in [-0.2, 0) is 18.9 Å². The second-order valence-corrected chi connectivity index (χ2v) is 8.84. The van der Waals surface area contributed by atoms with E-state index in [1.807, 2.05) is 0 Å². The molecule has 0 aliphatic rings. The summed E-state index contributed by atoms with van der Waals surface area (Å²) in [5.74, 6) is -3.92. The van der Waals surface area contributed by atoms with E-state index >= 15 is 0 Å². The first-order chi connectivity index (χ1) is 19.2. The van der Waals surface area contributed by atoms with Crippen molar-refractivity contribution >= 4 is 29.1 Å². The molecule has 0 radical (unpaired) electrons. The van der Waals surface area contributed by atoms with Crippen molar-refractivity contribution in [3.8, 4) is 5.82 Å². The van der Waals surface area contributed by atoms with Crippen molar-refractivity contribution in [1.29, 1.82) is 0 Å². The maximum absolute atomic E-state index is 13.8. The summed E-state index contributed by atoms with van der Waals surface area (Å²) in [6.45, 7) is 2.87. The topological polar surface area (TPSA) is 133 Å². The third kappa shape index (κ3) is 6.45. The van der Waals surface area contributed by atoms with Gasteiger partial charge in [-0.25, -0.2) is 9.67 Å². The van der Waals surface area contributed by atoms with Gasteiger partial charge in [0, 0.05) is 17.8 Å². The second-order valence-electron chi connectivity index (χ2n) is 8.41. The predicted octanol–water partition coefficient (Wildman–Crippen LogP) is 4.30. The first kappa shape index (κ1) is 29.4. The number of alkyl halides is 6. The Morgan fingerprint density at radius 2 is 1.76 bits per heavy atom. The molecular weight excluding hydrogens is 584 g/mol. The Labute approximate surface area is 231 Å². The van der Waals surface area contributed by atoms with Crippen LogP contribution < -0.4 is 10.6 Å². The summed E-state index contributed by atoms with van der Waals surface area (Å²) in [6.07, 6.45) is -8.76. The fourth-order valence-electron chi connectivity index (χ4n) is 3.71. The van der Waals surface area contributed by atoms with E-state index in [1.165, 1.54) is 12.1 Å². The first-order valence-corrected chi connectivity index (χ1v) is 11.9. The van der Waals surface area contributed by atoms with Crippen LogP contribution >= 0.6 is 11.6 Å². The molecule has 0 saturated carbocycles. The number of carbonyl (C=O) groups excluding carboxylic acids is 2. The molecule has 2 N–H and O–H groups in total. The van der Waals surface area contributed by atoms with Crippen molar-refractivity contribution in [2.24, 2.45) is 0 Å². The number of carbonyl (C=O) groups is 2. The fourth-order valence-corrected chi connectivity index (χ4v) is 3.98. The van der Waals surface area contributed by atoms with Gasteiger partial charge in [-0.15, -0.1) is 10.2 Å². The van der Waals surface area contributed by atoms with Gasteiger partial charge < -0.3 is 10.6 Å². The number of halogens is 7. The minimum atomic E-state index is -4.91. The smallest absolute Gasteiger partial charge is 0.352 e. The molecule has 0 saturated heterocycles. The molecule has 3 aromatic heterocycles. The molecule has 0 aliphatic heterocycles. The zero-order valence-electron chi connectivity index (χ0n) is 21.0. The molecule has 41 heavy (non-hydrogen) atoms. The van der Waals surface area contributed by atoms with Gasteiger partial charge in [0.1, 0.15) is 17.8 Å². The van der Waals surface area contributed by atoms with Crippen LogP contribution in [0.25, 0.3) is 5.82 Å². The maximum atomic E-state index is 13.8. The lowest BCUT2D eigenvalue weighted by molar-refractivity contribution is -0.145. The SMILES string of the molecule is CCNC(=O)c1cc(Cl)cc(C)c1NC(=O)c1cc(Cn2nnc(C(F)(F)F)n2)nn1-c1ncccc1C(F)(F)F. The van der Waals surface area contributed by atoms with E-state index in [1.54, 1.807) is 13.8 Å². The molecule has 4 rings (SSSR count). The highest BCUT2D eigenvalue weighted by Crippen LogP contribution is 2.33. The molecule has 0 spiro atoms. The van der Waals surface area contributed by atoms with E-state index in [2.05, 4.69) is 36.1 Å². The first-order valence-electron chi connectivity index (χ1n) is 11.5. The number of nitrogens with zero attached hydrogens (tertiary/aromatic N) is 7. The number of aromatic nitrogens is 7. The standard InChI is InChI=1S/C23H18ClF6N9O2/c1-3-31-19(40)14-8-12(24)7-11(2)17(14)33-20(41)16-9-13(10-38-36-21(34-37-38)23(28,29)30)35-39(16)18-15(22(25,26)27)5-4-6-32-18/h4-9H,3,10H2,1-2H3,(H,31,40)(H,33,41). The van der Waals surface area contributed by atoms with Gasteiger partial charge in [0.15, 0.2) is 5.82 Å². The summed E-state index contributed by atoms with van der Waals surface area (Å²) < 4.78 is 80.7. The summed E-state index contributed by atoms with van der Waals surface area (Å²) in [6, 6.07) is 5.53. The van der Waals surface area contributed by atoms with E-state index in [4.69, 9.17) is 11.6 Å². The molecular formula is C23H18ClF6N9O2. The van der Waals surface area contributed by atoms with Crippen LogP contribution in [0.4, 0.5) is 32.0 Å². The molecule has 216 valence electrons. The average Bonchev–Trinajstić information content (AvgIpc) is 3.53. The van der Waals surface area contributed by atoms with E-state index in [0.29, 0.717) is 15.0 Å². The molecule has 0 aliphatic carbocycles. The number of benzene rings is 1. The van der Waals surface area contributed by atoms with Crippen molar-refractivity contribution < 1.29 is 35.9 Å². The summed E-state index contributed by atoms with van der Waals surface area (Å²) in [7, 11) is 0. The van der Waals surface area contributed by atoms with E-state index in [0.717, 1.165) is 24.4 Å². The molecule has 4 aromatic rings. The van der Waals surface area contributed by atoms with Crippen molar-refractivity contribution in [3.05, 3.63) is 75.5 Å². The van der Waals surface area contributed by atoms with Crippen molar-refractivity contribution in [2.75, 3.05) is 11.9 Å². The van der Waals surface area contributed by atoms with Crippen LogP contribution in [0.15, 0.2) is 36.5 Å². The number of tetrazole rings is 1. The van der Waals surface area contributed by atoms with E-state index in [-0.39, 0.29) is 28.5 Å². The van der Waals surface area contributed by atoms with Gasteiger partial charge in [0.25, 0.3) is 17.6 Å². The monoisotopic (exact) mass is 601 g/mol. The number of hydrogen-bond donors (Lipinski definition) is 2. The number of nitrogens with one attached hydrogen (secondary N) is 2. The maximum Gasteiger partial charge on any atom is 0.455 e. The number of pyridine rings is 1. The lowest BCUT2D eigenvalue weighted by Gasteiger charge is -2.16. The molecule has 18 heteroatoms. The molecule has 11 nitrogen and oxygen atoms in total. The Bertz CT molecular complexity index is 1610. The number of amides is 2. The van der Waals surface area contributed by atoms with Crippen LogP contribution in [0.5, 0.6) is 0 Å². The Hall–Kier alpha value is -4.54. The van der Waals surface area contributed by atoms with Crippen LogP contribution in [0, 0.1) is 6.92 Å². The Morgan fingerprint density at radius 1 is 1.02 bits per heavy atom. The third-order valence-corrected chi connectivity index (χ3v) is 5.63. The summed E-state index contributed by atoms with van der Waals surface area (Å²) in [5, 5.41) is 18.6. The van der Waals surface area contributed by atoms with Gasteiger partial charge in [0.2, 0.25) is 0 Å². The summed E-state index contributed by atoms with van der Waals surface area (Å²) in [5.41, 5.74) is -1.57. The largest absolute Gasteiger partial charge is 0.455 e. The molecule has 0 fully saturated rings. The van der Waals surface area contributed by atoms with Gasteiger partial charge in [-0.05, 0) is 55.0 Å². The van der Waals surface area contributed by atoms with Gasteiger partial charge in [-0.1, -0.05) is 11.6 Å². The lowest BCUT2D eigenvalue weighted by Crippen LogP contribution is -2.26. The molecule has 0 bridgehead atoms. The lowest BCUT2D eigenvalue weighted by atomic mass is 10.1. The molecule has 1 aromatic carbocycles. The van der Waals surface area contributed by atoms with E-state index in [9.17, 15) is 35.9 Å². The molecule has 0 unspecified atom stereocenters. The minimum absolute atomic E-state index is 0.0169. The van der Waals surface area contributed by atoms with Gasteiger partial charge >= 0.3 is 12.4 Å². The summed E-state index contributed by atoms with van der Waals surface area (Å²) >= 11 is 6.08. The summed E-state index contributed by atoms with van der Waals surface area (Å²) in [4.78, 5) is 30.4. The Kier molecular flexibility index (Phi) is 8.01. The zero-order valence-corrected chi connectivity index (χ0v) is 21.7. The number of rotatable bonds is 7. The van der Waals surface area contributed by atoms with Crippen LogP contribution in [-0.4, -0.2) is 53.3 Å². The molecule has 3 heterocycles. The highest BCUT2D eigenvalue weighted by Gasteiger charge is 2.38. The normalized spacial score (nSPS) is 11.9. The quantitative estimate of drug-likeness (QED) is 0.302. The van der Waals surface area contributed by atoms with Gasteiger partial charge in [-0.2, -0.15) is 36.2 Å². The number of anilines is 1. The molecule has 0 atom stereocenters. The Balaban J connectivity index is 1.81. The second kappa shape index (κ2) is 11.1. The fraction of sp³-hybridized carbons (Fsp3) is 0.261. The van der Waals surface area contributed by atoms with E-state index < -0.39 is 53.6 Å². The molecule has 2 amide bonds. The average molecular weight is 602 g/mol. The predicted molar refractivity (Wildman–Crippen MR) is 130 cm³/mol. The van der Waals surface area contributed by atoms with Crippen LogP contribution in [0.2, 0.25) is 5.02 Å². The van der Waals surface area contributed by atoms with Crippen molar-refractivity contribution in [3.63, 3.8) is 0 Å². The number of aryl methyl sites for hydroxylation is 1. The van der Waals surface area contributed by atoms with Gasteiger partial charge in [-0.3, -0.25) is 9.59 Å². The zero-order chi connectivity index (χ0) is 30.1. The third-order valence-electron chi connectivity index (χ3n) is 5.42. The highest BCUT2D eigenvalue weighted by molar-refractivity contribution is 6.31. The Morgan fingerprint density at radius 3 is 2.39 bits per heavy atom.